The number of fused-ring (bicyclic) bond motifs is 5. The topological polar surface area (TPSA) is 153 Å². The van der Waals surface area contributed by atoms with Gasteiger partial charge in [-0.2, -0.15) is 0 Å². The predicted octanol–water partition coefficient (Wildman–Crippen LogP) is 2.43. The second-order valence-electron chi connectivity index (χ2n) is 12.0. The van der Waals surface area contributed by atoms with E-state index < -0.39 is 53.3 Å². The molecule has 2 unspecified atom stereocenters. The van der Waals surface area contributed by atoms with Crippen LogP contribution in [0.5, 0.6) is 0 Å². The van der Waals surface area contributed by atoms with Crippen LogP contribution in [0.3, 0.4) is 0 Å². The molecule has 4 aliphatic carbocycles. The number of carboxylic acids is 1. The molecule has 9 atom stereocenters. The van der Waals surface area contributed by atoms with E-state index in [2.05, 4.69) is 11.7 Å². The van der Waals surface area contributed by atoms with Crippen LogP contribution in [0, 0.1) is 34.5 Å². The van der Waals surface area contributed by atoms with Gasteiger partial charge in [0.25, 0.3) is 0 Å². The molecule has 2 N–H and O–H groups in total. The molecule has 4 fully saturated rings. The Balaban J connectivity index is 1.63. The number of hydrogen-bond acceptors (Lipinski definition) is 9. The minimum absolute atomic E-state index is 0.0469. The Morgan fingerprint density at radius 3 is 2.16 bits per heavy atom. The smallest absolute Gasteiger partial charge is 0.417 e. The van der Waals surface area contributed by atoms with Gasteiger partial charge in [-0.25, -0.2) is 9.59 Å². The highest BCUT2D eigenvalue weighted by Gasteiger charge is 2.72. The first-order valence-corrected chi connectivity index (χ1v) is 13.2. The summed E-state index contributed by atoms with van der Waals surface area (Å²) in [6, 6.07) is 0. The average molecular weight is 523 g/mol. The Labute approximate surface area is 216 Å². The van der Waals surface area contributed by atoms with E-state index >= 15 is 0 Å². The van der Waals surface area contributed by atoms with E-state index in [4.69, 9.17) is 14.6 Å². The number of carbonyl (C=O) groups excluding carboxylic acids is 4. The summed E-state index contributed by atoms with van der Waals surface area (Å²) in [6.07, 6.45) is 4.24. The minimum atomic E-state index is -1.78. The standard InChI is InChI=1S/C27H38O10/c1-14(28)36-17-7-9-25(3)16(11-17)5-6-18-20(25)12-22(37-15(2)29)26(4)19(8-10-27(18,26)34)21(30)13-35-24(33)23(31)32/h16-20,22,34H,5-13H2,1-4H3,(H,31,32)/t16-,17+,18?,19-,20?,22-,25+,26+,27+/m1/s1. The van der Waals surface area contributed by atoms with Gasteiger partial charge in [-0.15, -0.1) is 0 Å². The molecule has 4 rings (SSSR count). The van der Waals surface area contributed by atoms with E-state index in [1.807, 2.05) is 0 Å². The SMILES string of the molecule is CC(=O)O[C@H]1CC[C@]2(C)C3C[C@@H](OC(C)=O)[C@]4(C)[C@@H](C(=O)COC(=O)C(=O)O)CC[C@]4(O)C3CC[C@@H]2C1. The van der Waals surface area contributed by atoms with Crippen LogP contribution in [0.25, 0.3) is 0 Å². The Morgan fingerprint density at radius 1 is 0.865 bits per heavy atom. The van der Waals surface area contributed by atoms with Crippen LogP contribution in [0.15, 0.2) is 0 Å². The van der Waals surface area contributed by atoms with Gasteiger partial charge >= 0.3 is 23.9 Å². The number of ether oxygens (including phenoxy) is 3. The third kappa shape index (κ3) is 4.45. The lowest BCUT2D eigenvalue weighted by Gasteiger charge is -2.65. The van der Waals surface area contributed by atoms with Gasteiger partial charge in [0.15, 0.2) is 12.4 Å². The number of aliphatic carboxylic acids is 1. The monoisotopic (exact) mass is 522 g/mol. The van der Waals surface area contributed by atoms with Gasteiger partial charge in [0.1, 0.15) is 12.2 Å². The molecule has 4 aliphatic rings. The zero-order chi connectivity index (χ0) is 27.3. The van der Waals surface area contributed by atoms with E-state index in [-0.39, 0.29) is 29.3 Å². The first-order chi connectivity index (χ1) is 17.2. The summed E-state index contributed by atoms with van der Waals surface area (Å²) >= 11 is 0. The number of Topliss-reactive ketones (excluding diaryl/α,β-unsaturated/α-hetero) is 1. The lowest BCUT2D eigenvalue weighted by Crippen LogP contribution is -2.68. The van der Waals surface area contributed by atoms with Crippen molar-refractivity contribution in [2.45, 2.75) is 96.9 Å². The van der Waals surface area contributed by atoms with Crippen LogP contribution >= 0.6 is 0 Å². The molecule has 0 aromatic heterocycles. The van der Waals surface area contributed by atoms with Gasteiger partial charge in [0.05, 0.1) is 5.60 Å². The molecule has 0 heterocycles. The molecule has 0 radical (unpaired) electrons. The van der Waals surface area contributed by atoms with E-state index in [0.29, 0.717) is 25.2 Å². The molecular formula is C27H38O10. The molecular weight excluding hydrogens is 484 g/mol. The minimum Gasteiger partial charge on any atom is -0.473 e. The first-order valence-electron chi connectivity index (χ1n) is 13.2. The van der Waals surface area contributed by atoms with Crippen molar-refractivity contribution in [3.63, 3.8) is 0 Å². The van der Waals surface area contributed by atoms with E-state index in [1.165, 1.54) is 13.8 Å². The van der Waals surface area contributed by atoms with Crippen molar-refractivity contribution in [2.75, 3.05) is 6.61 Å². The van der Waals surface area contributed by atoms with Crippen molar-refractivity contribution in [2.24, 2.45) is 34.5 Å². The molecule has 4 saturated carbocycles. The van der Waals surface area contributed by atoms with Crippen molar-refractivity contribution in [1.29, 1.82) is 0 Å². The summed E-state index contributed by atoms with van der Waals surface area (Å²) in [5, 5.41) is 21.2. The van der Waals surface area contributed by atoms with Gasteiger partial charge in [-0.1, -0.05) is 13.8 Å². The van der Waals surface area contributed by atoms with Crippen LogP contribution in [-0.4, -0.2) is 64.3 Å². The number of esters is 3. The number of rotatable bonds is 5. The number of hydrogen-bond donors (Lipinski definition) is 2. The van der Waals surface area contributed by atoms with Gasteiger partial charge in [0, 0.05) is 25.2 Å². The van der Waals surface area contributed by atoms with Crippen LogP contribution in [0.1, 0.15) is 79.1 Å². The summed E-state index contributed by atoms with van der Waals surface area (Å²) in [5.41, 5.74) is -2.54. The van der Waals surface area contributed by atoms with Crippen molar-refractivity contribution < 1.29 is 48.4 Å². The zero-order valence-electron chi connectivity index (χ0n) is 22.0. The summed E-state index contributed by atoms with van der Waals surface area (Å²) in [5.74, 6) is -5.08. The molecule has 0 aromatic rings. The number of aliphatic hydroxyl groups is 1. The number of ketones is 1. The molecule has 0 aromatic carbocycles. The Bertz CT molecular complexity index is 992. The Hall–Kier alpha value is -2.49. The molecule has 0 amide bonds. The van der Waals surface area contributed by atoms with Crippen molar-refractivity contribution in [3.05, 3.63) is 0 Å². The zero-order valence-corrected chi connectivity index (χ0v) is 22.0. The highest BCUT2D eigenvalue weighted by molar-refractivity contribution is 6.28. The van der Waals surface area contributed by atoms with Crippen molar-refractivity contribution in [1.82, 2.24) is 0 Å². The summed E-state index contributed by atoms with van der Waals surface area (Å²) in [6.45, 7) is 6.05. The average Bonchev–Trinajstić information content (AvgIpc) is 3.09. The first kappa shape index (κ1) is 27.5. The molecule has 37 heavy (non-hydrogen) atoms. The predicted molar refractivity (Wildman–Crippen MR) is 127 cm³/mol. The molecule has 206 valence electrons. The molecule has 0 spiro atoms. The van der Waals surface area contributed by atoms with Crippen LogP contribution in [-0.2, 0) is 38.2 Å². The van der Waals surface area contributed by atoms with Gasteiger partial charge < -0.3 is 24.4 Å². The molecule has 0 aliphatic heterocycles. The quantitative estimate of drug-likeness (QED) is 0.313. The van der Waals surface area contributed by atoms with Crippen LogP contribution in [0.2, 0.25) is 0 Å². The third-order valence-electron chi connectivity index (χ3n) is 10.4. The maximum absolute atomic E-state index is 13.2. The molecule has 0 saturated heterocycles. The lowest BCUT2D eigenvalue weighted by molar-refractivity contribution is -0.252. The summed E-state index contributed by atoms with van der Waals surface area (Å²) in [7, 11) is 0. The Morgan fingerprint density at radius 2 is 1.54 bits per heavy atom. The van der Waals surface area contributed by atoms with Crippen molar-refractivity contribution in [3.8, 4) is 0 Å². The van der Waals surface area contributed by atoms with E-state index in [1.54, 1.807) is 6.92 Å². The normalized spacial score (nSPS) is 42.4. The highest BCUT2D eigenvalue weighted by atomic mass is 16.6. The fourth-order valence-electron chi connectivity index (χ4n) is 8.67. The van der Waals surface area contributed by atoms with Crippen LogP contribution in [0.4, 0.5) is 0 Å². The third-order valence-corrected chi connectivity index (χ3v) is 10.4. The molecule has 10 nitrogen and oxygen atoms in total. The maximum Gasteiger partial charge on any atom is 0.417 e. The van der Waals surface area contributed by atoms with Gasteiger partial charge in [-0.3, -0.25) is 14.4 Å². The number of carbonyl (C=O) groups is 5. The summed E-state index contributed by atoms with van der Waals surface area (Å²) < 4.78 is 16.0. The molecule has 0 bridgehead atoms. The second-order valence-corrected chi connectivity index (χ2v) is 12.0. The summed E-state index contributed by atoms with van der Waals surface area (Å²) in [4.78, 5) is 59.2. The van der Waals surface area contributed by atoms with E-state index in [0.717, 1.165) is 32.1 Å². The highest BCUT2D eigenvalue weighted by Crippen LogP contribution is 2.69. The van der Waals surface area contributed by atoms with Gasteiger partial charge in [0.2, 0.25) is 0 Å². The fourth-order valence-corrected chi connectivity index (χ4v) is 8.67. The van der Waals surface area contributed by atoms with Crippen molar-refractivity contribution >= 4 is 29.7 Å². The fraction of sp³-hybridized carbons (Fsp3) is 0.815. The van der Waals surface area contributed by atoms with E-state index in [9.17, 15) is 29.1 Å². The lowest BCUT2D eigenvalue weighted by atomic mass is 9.42. The van der Waals surface area contributed by atoms with Gasteiger partial charge in [-0.05, 0) is 74.5 Å². The largest absolute Gasteiger partial charge is 0.473 e. The second kappa shape index (κ2) is 9.67. The molecule has 10 heteroatoms. The van der Waals surface area contributed by atoms with Crippen LogP contribution < -0.4 is 0 Å². The Kier molecular flexibility index (Phi) is 7.20. The maximum atomic E-state index is 13.2. The number of carboxylic acid groups (broad SMARTS) is 1.